The zero-order valence-electron chi connectivity index (χ0n) is 17.4. The highest BCUT2D eigenvalue weighted by Crippen LogP contribution is 2.38. The van der Waals surface area contributed by atoms with E-state index in [4.69, 9.17) is 4.74 Å². The fourth-order valence-corrected chi connectivity index (χ4v) is 5.56. The molecule has 0 aliphatic carbocycles. The lowest BCUT2D eigenvalue weighted by molar-refractivity contribution is -0.0221. The van der Waals surface area contributed by atoms with Crippen LogP contribution in [0.1, 0.15) is 31.7 Å². The highest BCUT2D eigenvalue weighted by molar-refractivity contribution is 7.21. The number of aromatic nitrogens is 1. The number of nitrogens with one attached hydrogen (secondary N) is 1. The summed E-state index contributed by atoms with van der Waals surface area (Å²) >= 11 is 1.46. The van der Waals surface area contributed by atoms with Gasteiger partial charge in [-0.3, -0.25) is 9.59 Å². The molecule has 0 spiro atoms. The second-order valence-electron chi connectivity index (χ2n) is 7.70. The first kappa shape index (κ1) is 19.8. The lowest BCUT2D eigenvalue weighted by Gasteiger charge is -2.33. The number of hydrogen-bond acceptors (Lipinski definition) is 4. The van der Waals surface area contributed by atoms with Crippen LogP contribution in [0.25, 0.3) is 21.0 Å². The Kier molecular flexibility index (Phi) is 5.00. The molecule has 5 rings (SSSR count). The van der Waals surface area contributed by atoms with Crippen LogP contribution in [0.2, 0.25) is 0 Å². The SMILES string of the molecule is CNC(=O)c1sc2ccccc2c1[C@H]1CN(C(=O)c2cn(C)c3ccccc23)CCO1. The Morgan fingerprint density at radius 3 is 2.65 bits per heavy atom. The van der Waals surface area contributed by atoms with Gasteiger partial charge in [0.25, 0.3) is 11.8 Å². The number of benzene rings is 2. The third-order valence-electron chi connectivity index (χ3n) is 5.87. The maximum atomic E-state index is 13.5. The normalized spacial score (nSPS) is 16.7. The molecule has 1 aliphatic rings. The number of hydrogen-bond donors (Lipinski definition) is 1. The Morgan fingerprint density at radius 1 is 1.10 bits per heavy atom. The van der Waals surface area contributed by atoms with Crippen LogP contribution >= 0.6 is 11.3 Å². The summed E-state index contributed by atoms with van der Waals surface area (Å²) in [5.41, 5.74) is 2.59. The van der Waals surface area contributed by atoms with Gasteiger partial charge in [-0.25, -0.2) is 0 Å². The molecule has 0 unspecified atom stereocenters. The van der Waals surface area contributed by atoms with Crippen molar-refractivity contribution >= 4 is 44.1 Å². The molecule has 2 amide bonds. The second-order valence-corrected chi connectivity index (χ2v) is 8.75. The molecule has 2 aromatic heterocycles. The van der Waals surface area contributed by atoms with Crippen LogP contribution in [0.15, 0.2) is 54.7 Å². The summed E-state index contributed by atoms with van der Waals surface area (Å²) in [6.07, 6.45) is 1.55. The smallest absolute Gasteiger partial charge is 0.261 e. The van der Waals surface area contributed by atoms with Crippen LogP contribution in [0.5, 0.6) is 0 Å². The summed E-state index contributed by atoms with van der Waals surface area (Å²) in [5, 5.41) is 4.70. The molecule has 1 saturated heterocycles. The van der Waals surface area contributed by atoms with Gasteiger partial charge in [-0.1, -0.05) is 36.4 Å². The summed E-state index contributed by atoms with van der Waals surface area (Å²) in [6.45, 7) is 1.36. The first-order chi connectivity index (χ1) is 15.1. The molecule has 4 aromatic rings. The topological polar surface area (TPSA) is 63.6 Å². The molecule has 1 atom stereocenters. The van der Waals surface area contributed by atoms with E-state index in [1.54, 1.807) is 7.05 Å². The summed E-state index contributed by atoms with van der Waals surface area (Å²) in [7, 11) is 3.59. The number of fused-ring (bicyclic) bond motifs is 2. The monoisotopic (exact) mass is 433 g/mol. The quantitative estimate of drug-likeness (QED) is 0.532. The number of ether oxygens (including phenoxy) is 1. The maximum Gasteiger partial charge on any atom is 0.261 e. The van der Waals surface area contributed by atoms with Crippen LogP contribution in [-0.2, 0) is 11.8 Å². The molecule has 0 radical (unpaired) electrons. The summed E-state index contributed by atoms with van der Waals surface area (Å²) in [4.78, 5) is 28.5. The summed E-state index contributed by atoms with van der Waals surface area (Å²) in [5.74, 6) is -0.136. The fourth-order valence-electron chi connectivity index (χ4n) is 4.36. The highest BCUT2D eigenvalue weighted by atomic mass is 32.1. The number of thiophene rings is 1. The zero-order chi connectivity index (χ0) is 21.5. The van der Waals surface area contributed by atoms with E-state index < -0.39 is 0 Å². The minimum atomic E-state index is -0.351. The third-order valence-corrected chi connectivity index (χ3v) is 7.06. The van der Waals surface area contributed by atoms with E-state index in [1.807, 2.05) is 71.2 Å². The Morgan fingerprint density at radius 2 is 1.84 bits per heavy atom. The molecule has 1 fully saturated rings. The minimum Gasteiger partial charge on any atom is -0.370 e. The molecular formula is C24H23N3O3S. The van der Waals surface area contributed by atoms with Crippen molar-refractivity contribution in [3.8, 4) is 0 Å². The van der Waals surface area contributed by atoms with Gasteiger partial charge in [-0.2, -0.15) is 0 Å². The predicted molar refractivity (Wildman–Crippen MR) is 123 cm³/mol. The molecule has 7 heteroatoms. The van der Waals surface area contributed by atoms with E-state index in [0.717, 1.165) is 26.6 Å². The predicted octanol–water partition coefficient (Wildman–Crippen LogP) is 3.97. The first-order valence-electron chi connectivity index (χ1n) is 10.3. The average Bonchev–Trinajstić information content (AvgIpc) is 3.36. The second kappa shape index (κ2) is 7.83. The molecule has 6 nitrogen and oxygen atoms in total. The number of nitrogens with zero attached hydrogens (tertiary/aromatic N) is 2. The van der Waals surface area contributed by atoms with Crippen LogP contribution < -0.4 is 5.32 Å². The van der Waals surface area contributed by atoms with Gasteiger partial charge in [0.05, 0.1) is 23.6 Å². The van der Waals surface area contributed by atoms with Gasteiger partial charge in [-0.15, -0.1) is 11.3 Å². The Balaban J connectivity index is 1.51. The number of aryl methyl sites for hydroxylation is 1. The van der Waals surface area contributed by atoms with Crippen molar-refractivity contribution in [2.45, 2.75) is 6.10 Å². The van der Waals surface area contributed by atoms with Crippen LogP contribution in [-0.4, -0.2) is 48.0 Å². The molecule has 2 aromatic carbocycles. The van der Waals surface area contributed by atoms with Gasteiger partial charge in [0, 0.05) is 48.0 Å². The van der Waals surface area contributed by atoms with Crippen LogP contribution in [0, 0.1) is 0 Å². The van der Waals surface area contributed by atoms with Gasteiger partial charge >= 0.3 is 0 Å². The minimum absolute atomic E-state index is 0.00821. The number of rotatable bonds is 3. The fraction of sp³-hybridized carbons (Fsp3) is 0.250. The lowest BCUT2D eigenvalue weighted by Crippen LogP contribution is -2.42. The van der Waals surface area contributed by atoms with Gasteiger partial charge in [-0.05, 0) is 17.5 Å². The molecule has 0 bridgehead atoms. The number of carbonyl (C=O) groups excluding carboxylic acids is 2. The largest absolute Gasteiger partial charge is 0.370 e. The van der Waals surface area contributed by atoms with Gasteiger partial charge < -0.3 is 19.5 Å². The van der Waals surface area contributed by atoms with Crippen LogP contribution in [0.3, 0.4) is 0 Å². The maximum absolute atomic E-state index is 13.5. The molecule has 158 valence electrons. The third kappa shape index (κ3) is 3.30. The van der Waals surface area contributed by atoms with E-state index in [0.29, 0.717) is 30.1 Å². The molecule has 1 aliphatic heterocycles. The highest BCUT2D eigenvalue weighted by Gasteiger charge is 2.32. The Labute approximate surface area is 184 Å². The van der Waals surface area contributed by atoms with Crippen molar-refractivity contribution in [2.24, 2.45) is 7.05 Å². The number of morpholine rings is 1. The first-order valence-corrected chi connectivity index (χ1v) is 11.1. The molecule has 31 heavy (non-hydrogen) atoms. The van der Waals surface area contributed by atoms with Crippen molar-refractivity contribution in [3.63, 3.8) is 0 Å². The van der Waals surface area contributed by atoms with E-state index >= 15 is 0 Å². The van der Waals surface area contributed by atoms with E-state index in [2.05, 4.69) is 5.32 Å². The van der Waals surface area contributed by atoms with E-state index in [9.17, 15) is 9.59 Å². The number of para-hydroxylation sites is 1. The summed E-state index contributed by atoms with van der Waals surface area (Å²) in [6, 6.07) is 15.9. The lowest BCUT2D eigenvalue weighted by atomic mass is 10.0. The Hall–Kier alpha value is -3.16. The van der Waals surface area contributed by atoms with Crippen molar-refractivity contribution in [3.05, 3.63) is 70.7 Å². The van der Waals surface area contributed by atoms with Crippen molar-refractivity contribution in [1.29, 1.82) is 0 Å². The summed E-state index contributed by atoms with van der Waals surface area (Å²) < 4.78 is 9.12. The van der Waals surface area contributed by atoms with Gasteiger partial charge in [0.1, 0.15) is 6.10 Å². The van der Waals surface area contributed by atoms with Crippen molar-refractivity contribution in [2.75, 3.05) is 26.7 Å². The molecule has 0 saturated carbocycles. The molecular weight excluding hydrogens is 410 g/mol. The van der Waals surface area contributed by atoms with Crippen LogP contribution in [0.4, 0.5) is 0 Å². The van der Waals surface area contributed by atoms with Gasteiger partial charge in [0.2, 0.25) is 0 Å². The van der Waals surface area contributed by atoms with Crippen molar-refractivity contribution < 1.29 is 14.3 Å². The zero-order valence-corrected chi connectivity index (χ0v) is 18.2. The van der Waals surface area contributed by atoms with E-state index in [1.165, 1.54) is 11.3 Å². The molecule has 3 heterocycles. The standard InChI is InChI=1S/C24H23N3O3S/c1-25-23(28)22-21(16-8-4-6-10-20(16)31-22)19-14-27(11-12-30-19)24(29)17-13-26(2)18-9-5-3-7-15(17)18/h3-10,13,19H,11-12,14H2,1-2H3,(H,25,28)/t19-/m1/s1. The van der Waals surface area contributed by atoms with E-state index in [-0.39, 0.29) is 17.9 Å². The Bertz CT molecular complexity index is 1310. The van der Waals surface area contributed by atoms with Crippen molar-refractivity contribution in [1.82, 2.24) is 14.8 Å². The molecule has 1 N–H and O–H groups in total. The average molecular weight is 434 g/mol. The van der Waals surface area contributed by atoms with Gasteiger partial charge in [0.15, 0.2) is 0 Å². The number of carbonyl (C=O) groups is 2. The number of amides is 2.